The molecule has 6 aromatic rings. The molecule has 0 aliphatic rings. The number of phenolic OH excluding ortho intramolecular Hbond substituents is 1. The van der Waals surface area contributed by atoms with Gasteiger partial charge in [0.2, 0.25) is 0 Å². The first kappa shape index (κ1) is 24.1. The molecular formula is C30H27N5O2S. The average molecular weight is 522 g/mol. The van der Waals surface area contributed by atoms with Gasteiger partial charge >= 0.3 is 6.03 Å². The number of para-hydroxylation sites is 2. The minimum atomic E-state index is -0.306. The molecule has 2 heterocycles. The maximum absolute atomic E-state index is 13.4. The first-order valence-corrected chi connectivity index (χ1v) is 13.6. The third-order valence-electron chi connectivity index (χ3n) is 6.54. The number of rotatable bonds is 6. The summed E-state index contributed by atoms with van der Waals surface area (Å²) < 4.78 is 1.66. The van der Waals surface area contributed by atoms with Crippen molar-refractivity contribution in [1.82, 2.24) is 19.6 Å². The summed E-state index contributed by atoms with van der Waals surface area (Å²) >= 11 is 1.81. The Labute approximate surface area is 224 Å². The monoisotopic (exact) mass is 521 g/mol. The SMILES string of the molecule is CC(C)CCSc1ccc2nn(-c3ccc(NC(=O)n4c5ccccc5c5ccccc54)cc3O)nc2c1. The number of fused-ring (bicyclic) bond motifs is 4. The number of carbonyl (C=O) groups is 1. The molecule has 7 nitrogen and oxygen atoms in total. The molecule has 0 aliphatic carbocycles. The molecule has 0 saturated heterocycles. The predicted octanol–water partition coefficient (Wildman–Crippen LogP) is 7.45. The first-order chi connectivity index (χ1) is 18.5. The summed E-state index contributed by atoms with van der Waals surface area (Å²) in [6, 6.07) is 26.3. The van der Waals surface area contributed by atoms with Crippen LogP contribution in [-0.4, -0.2) is 36.5 Å². The van der Waals surface area contributed by atoms with E-state index >= 15 is 0 Å². The summed E-state index contributed by atoms with van der Waals surface area (Å²) in [5, 5.41) is 24.9. The van der Waals surface area contributed by atoms with Crippen LogP contribution in [0.1, 0.15) is 20.3 Å². The zero-order valence-corrected chi connectivity index (χ0v) is 21.9. The highest BCUT2D eigenvalue weighted by Gasteiger charge is 2.17. The van der Waals surface area contributed by atoms with E-state index in [1.807, 2.05) is 72.4 Å². The molecule has 2 aromatic heterocycles. The fourth-order valence-electron chi connectivity index (χ4n) is 4.60. The maximum Gasteiger partial charge on any atom is 0.330 e. The zero-order chi connectivity index (χ0) is 26.2. The minimum Gasteiger partial charge on any atom is -0.506 e. The van der Waals surface area contributed by atoms with E-state index in [1.165, 1.54) is 10.9 Å². The molecule has 2 N–H and O–H groups in total. The van der Waals surface area contributed by atoms with Crippen molar-refractivity contribution in [2.75, 3.05) is 11.1 Å². The van der Waals surface area contributed by atoms with Gasteiger partial charge in [0.1, 0.15) is 22.5 Å². The molecule has 0 saturated carbocycles. The number of anilines is 1. The second kappa shape index (κ2) is 9.87. The summed E-state index contributed by atoms with van der Waals surface area (Å²) in [5.74, 6) is 1.70. The Bertz CT molecular complexity index is 1750. The molecule has 0 spiro atoms. The standard InChI is InChI=1S/C30H27N5O2S/c1-19(2)15-16-38-21-12-13-24-25(18-21)33-35(32-24)28-14-11-20(17-29(28)36)31-30(37)34-26-9-5-3-7-22(26)23-8-4-6-10-27(23)34/h3-14,17-19,36H,15-16H2,1-2H3,(H,31,37). The average Bonchev–Trinajstić information content (AvgIpc) is 3.47. The lowest BCUT2D eigenvalue weighted by Gasteiger charge is -2.10. The van der Waals surface area contributed by atoms with E-state index in [1.54, 1.807) is 16.7 Å². The van der Waals surface area contributed by atoms with Gasteiger partial charge in [0.25, 0.3) is 0 Å². The Morgan fingerprint density at radius 2 is 1.58 bits per heavy atom. The van der Waals surface area contributed by atoms with Crippen molar-refractivity contribution in [2.45, 2.75) is 25.2 Å². The largest absolute Gasteiger partial charge is 0.506 e. The lowest BCUT2D eigenvalue weighted by molar-refractivity contribution is 0.255. The highest BCUT2D eigenvalue weighted by molar-refractivity contribution is 7.99. The minimum absolute atomic E-state index is 0.0307. The third-order valence-corrected chi connectivity index (χ3v) is 7.57. The van der Waals surface area contributed by atoms with E-state index in [9.17, 15) is 9.90 Å². The summed E-state index contributed by atoms with van der Waals surface area (Å²) in [6.45, 7) is 4.45. The number of benzene rings is 4. The maximum atomic E-state index is 13.4. The Kier molecular flexibility index (Phi) is 6.25. The van der Waals surface area contributed by atoms with Crippen molar-refractivity contribution >= 4 is 56.3 Å². The topological polar surface area (TPSA) is 85.0 Å². The number of aromatic nitrogens is 4. The van der Waals surface area contributed by atoms with Gasteiger partial charge in [0.05, 0.1) is 11.0 Å². The van der Waals surface area contributed by atoms with Crippen LogP contribution in [0.25, 0.3) is 38.5 Å². The van der Waals surface area contributed by atoms with Crippen molar-refractivity contribution in [3.8, 4) is 11.4 Å². The van der Waals surface area contributed by atoms with Gasteiger partial charge in [0.15, 0.2) is 0 Å². The number of amides is 1. The van der Waals surface area contributed by atoms with Gasteiger partial charge in [-0.3, -0.25) is 4.57 Å². The molecule has 6 rings (SSSR count). The van der Waals surface area contributed by atoms with Crippen LogP contribution < -0.4 is 5.32 Å². The molecule has 0 bridgehead atoms. The van der Waals surface area contributed by atoms with Crippen LogP contribution in [0.3, 0.4) is 0 Å². The van der Waals surface area contributed by atoms with Crippen LogP contribution in [0, 0.1) is 5.92 Å². The Morgan fingerprint density at radius 1 is 0.895 bits per heavy atom. The quantitative estimate of drug-likeness (QED) is 0.222. The number of hydrogen-bond donors (Lipinski definition) is 2. The highest BCUT2D eigenvalue weighted by Crippen LogP contribution is 2.31. The van der Waals surface area contributed by atoms with E-state index in [0.717, 1.165) is 49.9 Å². The molecule has 0 unspecified atom stereocenters. The van der Waals surface area contributed by atoms with E-state index in [-0.39, 0.29) is 11.8 Å². The second-order valence-corrected chi connectivity index (χ2v) is 10.8. The smallest absolute Gasteiger partial charge is 0.330 e. The van der Waals surface area contributed by atoms with Crippen molar-refractivity contribution in [1.29, 1.82) is 0 Å². The number of carbonyl (C=O) groups excluding carboxylic acids is 1. The van der Waals surface area contributed by atoms with Crippen molar-refractivity contribution in [2.24, 2.45) is 5.92 Å². The number of hydrogen-bond acceptors (Lipinski definition) is 5. The third kappa shape index (κ3) is 4.48. The van der Waals surface area contributed by atoms with Crippen molar-refractivity contribution < 1.29 is 9.90 Å². The number of thioether (sulfide) groups is 1. The molecule has 38 heavy (non-hydrogen) atoms. The van der Waals surface area contributed by atoms with Gasteiger partial charge in [-0.05, 0) is 60.6 Å². The first-order valence-electron chi connectivity index (χ1n) is 12.6. The molecule has 0 aliphatic heterocycles. The van der Waals surface area contributed by atoms with Crippen LogP contribution in [0.2, 0.25) is 0 Å². The van der Waals surface area contributed by atoms with Crippen LogP contribution in [0.5, 0.6) is 5.75 Å². The van der Waals surface area contributed by atoms with Crippen molar-refractivity contribution in [3.63, 3.8) is 0 Å². The van der Waals surface area contributed by atoms with Crippen LogP contribution in [-0.2, 0) is 0 Å². The number of aromatic hydroxyl groups is 1. The zero-order valence-electron chi connectivity index (χ0n) is 21.1. The summed E-state index contributed by atoms with van der Waals surface area (Å²) in [5.41, 5.74) is 4.07. The van der Waals surface area contributed by atoms with Crippen LogP contribution >= 0.6 is 11.8 Å². The number of nitrogens with zero attached hydrogens (tertiary/aromatic N) is 4. The van der Waals surface area contributed by atoms with E-state index in [0.29, 0.717) is 17.3 Å². The van der Waals surface area contributed by atoms with Gasteiger partial charge < -0.3 is 10.4 Å². The molecule has 0 atom stereocenters. The number of phenols is 1. The molecular weight excluding hydrogens is 494 g/mol. The Balaban J connectivity index is 1.26. The van der Waals surface area contributed by atoms with Crippen LogP contribution in [0.15, 0.2) is 89.8 Å². The Hall–Kier alpha value is -4.30. The lowest BCUT2D eigenvalue weighted by Crippen LogP contribution is -2.19. The van der Waals surface area contributed by atoms with E-state index in [2.05, 4.69) is 35.4 Å². The van der Waals surface area contributed by atoms with Gasteiger partial charge in [-0.25, -0.2) is 4.79 Å². The fraction of sp³-hybridized carbons (Fsp3) is 0.167. The lowest BCUT2D eigenvalue weighted by atomic mass is 10.2. The molecule has 8 heteroatoms. The molecule has 4 aromatic carbocycles. The molecule has 190 valence electrons. The van der Waals surface area contributed by atoms with Gasteiger partial charge in [0, 0.05) is 27.4 Å². The Morgan fingerprint density at radius 3 is 2.26 bits per heavy atom. The second-order valence-electron chi connectivity index (χ2n) is 9.67. The molecule has 0 radical (unpaired) electrons. The molecule has 1 amide bonds. The van der Waals surface area contributed by atoms with Crippen molar-refractivity contribution in [3.05, 3.63) is 84.9 Å². The fourth-order valence-corrected chi connectivity index (χ4v) is 5.78. The van der Waals surface area contributed by atoms with E-state index in [4.69, 9.17) is 0 Å². The highest BCUT2D eigenvalue weighted by atomic mass is 32.2. The van der Waals surface area contributed by atoms with Gasteiger partial charge in [-0.15, -0.1) is 26.8 Å². The summed E-state index contributed by atoms with van der Waals surface area (Å²) in [6.07, 6.45) is 1.16. The van der Waals surface area contributed by atoms with E-state index < -0.39 is 0 Å². The number of nitrogens with one attached hydrogen (secondary N) is 1. The van der Waals surface area contributed by atoms with Gasteiger partial charge in [-0.1, -0.05) is 50.2 Å². The van der Waals surface area contributed by atoms with Gasteiger partial charge in [-0.2, -0.15) is 0 Å². The van der Waals surface area contributed by atoms with Crippen LogP contribution in [0.4, 0.5) is 10.5 Å². The molecule has 0 fully saturated rings. The predicted molar refractivity (Wildman–Crippen MR) is 155 cm³/mol. The summed E-state index contributed by atoms with van der Waals surface area (Å²) in [7, 11) is 0. The summed E-state index contributed by atoms with van der Waals surface area (Å²) in [4.78, 5) is 16.0. The normalized spacial score (nSPS) is 11.7.